The Hall–Kier alpha value is -1.36. The van der Waals surface area contributed by atoms with Crippen molar-refractivity contribution in [3.8, 4) is 0 Å². The third kappa shape index (κ3) is 5.43. The van der Waals surface area contributed by atoms with Crippen LogP contribution in [0.3, 0.4) is 0 Å². The van der Waals surface area contributed by atoms with E-state index in [1.54, 1.807) is 0 Å². The highest BCUT2D eigenvalue weighted by Crippen LogP contribution is 1.88. The summed E-state index contributed by atoms with van der Waals surface area (Å²) in [6.45, 7) is 1.28. The van der Waals surface area contributed by atoms with Gasteiger partial charge in [-0.25, -0.2) is 9.59 Å². The molecule has 0 aromatic carbocycles. The zero-order valence-electron chi connectivity index (χ0n) is 6.81. The van der Waals surface area contributed by atoms with Crippen molar-refractivity contribution in [3.05, 3.63) is 12.2 Å². The van der Waals surface area contributed by atoms with Gasteiger partial charge in [0.1, 0.15) is 0 Å². The molecule has 0 aliphatic carbocycles. The van der Waals surface area contributed by atoms with Crippen molar-refractivity contribution in [2.45, 2.75) is 13.2 Å². The second kappa shape index (κ2) is 5.31. The van der Waals surface area contributed by atoms with Crippen LogP contribution in [-0.4, -0.2) is 30.4 Å². The van der Waals surface area contributed by atoms with Gasteiger partial charge in [-0.05, 0) is 6.92 Å². The lowest BCUT2D eigenvalue weighted by Gasteiger charge is -2.02. The highest BCUT2D eigenvalue weighted by Gasteiger charge is 2.02. The molecule has 0 amide bonds. The van der Waals surface area contributed by atoms with Crippen molar-refractivity contribution >= 4 is 11.9 Å². The van der Waals surface area contributed by atoms with Crippen LogP contribution in [0.5, 0.6) is 0 Å². The van der Waals surface area contributed by atoms with E-state index in [-0.39, 0.29) is 0 Å². The largest absolute Gasteiger partial charge is 0.466 e. The highest BCUT2D eigenvalue weighted by atomic mass is 16.6. The minimum atomic E-state index is -1.18. The van der Waals surface area contributed by atoms with Crippen molar-refractivity contribution in [1.29, 1.82) is 0 Å². The van der Waals surface area contributed by atoms with Gasteiger partial charge in [0.15, 0.2) is 6.29 Å². The van der Waals surface area contributed by atoms with Crippen LogP contribution in [-0.2, 0) is 19.1 Å². The molecule has 0 fully saturated rings. The third-order valence-electron chi connectivity index (χ3n) is 0.843. The number of hydrogen-bond donors (Lipinski definition) is 1. The lowest BCUT2D eigenvalue weighted by atomic mass is 10.5. The first-order valence-corrected chi connectivity index (χ1v) is 3.21. The molecule has 0 aliphatic rings. The van der Waals surface area contributed by atoms with E-state index in [2.05, 4.69) is 9.47 Å². The maximum atomic E-state index is 10.6. The van der Waals surface area contributed by atoms with Crippen LogP contribution in [0.4, 0.5) is 0 Å². The van der Waals surface area contributed by atoms with E-state index in [9.17, 15) is 9.59 Å². The highest BCUT2D eigenvalue weighted by molar-refractivity contribution is 5.91. The van der Waals surface area contributed by atoms with Crippen LogP contribution in [0.2, 0.25) is 0 Å². The Morgan fingerprint density at radius 1 is 1.33 bits per heavy atom. The molecule has 5 nitrogen and oxygen atoms in total. The van der Waals surface area contributed by atoms with Crippen LogP contribution in [0.15, 0.2) is 12.2 Å². The fourth-order valence-electron chi connectivity index (χ4n) is 0.412. The van der Waals surface area contributed by atoms with Crippen LogP contribution < -0.4 is 0 Å². The first kappa shape index (κ1) is 10.6. The number of carbonyl (C=O) groups is 2. The number of esters is 2. The second-order valence-electron chi connectivity index (χ2n) is 1.89. The monoisotopic (exact) mass is 174 g/mol. The van der Waals surface area contributed by atoms with E-state index in [1.807, 2.05) is 0 Å². The summed E-state index contributed by atoms with van der Waals surface area (Å²) in [5, 5.41) is 8.55. The number of hydrogen-bond acceptors (Lipinski definition) is 5. The van der Waals surface area contributed by atoms with Crippen molar-refractivity contribution in [2.24, 2.45) is 0 Å². The molecule has 0 spiro atoms. The van der Waals surface area contributed by atoms with Crippen molar-refractivity contribution in [3.63, 3.8) is 0 Å². The molecule has 68 valence electrons. The minimum Gasteiger partial charge on any atom is -0.466 e. The smallest absolute Gasteiger partial charge is 0.333 e. The van der Waals surface area contributed by atoms with Crippen LogP contribution in [0.25, 0.3) is 0 Å². The van der Waals surface area contributed by atoms with Crippen LogP contribution in [0, 0.1) is 0 Å². The Bertz CT molecular complexity index is 194. The fourth-order valence-corrected chi connectivity index (χ4v) is 0.412. The summed E-state index contributed by atoms with van der Waals surface area (Å²) in [6, 6.07) is 0. The molecule has 0 aromatic heterocycles. The van der Waals surface area contributed by atoms with Gasteiger partial charge in [-0.3, -0.25) is 0 Å². The predicted octanol–water partition coefficient (Wildman–Crippen LogP) is -0.403. The van der Waals surface area contributed by atoms with Crippen LogP contribution in [0.1, 0.15) is 6.92 Å². The van der Waals surface area contributed by atoms with Crippen molar-refractivity contribution < 1.29 is 24.2 Å². The van der Waals surface area contributed by atoms with Gasteiger partial charge in [0.2, 0.25) is 0 Å². The molecule has 0 radical (unpaired) electrons. The SMILES string of the molecule is COC(=O)/C=C/C(=O)OC(C)O. The number of methoxy groups -OCH3 is 1. The lowest BCUT2D eigenvalue weighted by molar-refractivity contribution is -0.158. The van der Waals surface area contributed by atoms with E-state index in [0.717, 1.165) is 12.2 Å². The maximum Gasteiger partial charge on any atom is 0.333 e. The van der Waals surface area contributed by atoms with E-state index in [4.69, 9.17) is 5.11 Å². The Morgan fingerprint density at radius 3 is 2.25 bits per heavy atom. The van der Waals surface area contributed by atoms with Gasteiger partial charge in [0.25, 0.3) is 0 Å². The quantitative estimate of drug-likeness (QED) is 0.358. The lowest BCUT2D eigenvalue weighted by Crippen LogP contribution is -2.11. The normalized spacial score (nSPS) is 12.6. The van der Waals surface area contributed by atoms with Gasteiger partial charge >= 0.3 is 11.9 Å². The third-order valence-corrected chi connectivity index (χ3v) is 0.843. The number of rotatable bonds is 3. The molecule has 0 aliphatic heterocycles. The second-order valence-corrected chi connectivity index (χ2v) is 1.89. The minimum absolute atomic E-state index is 0.655. The molecule has 1 atom stereocenters. The molecular weight excluding hydrogens is 164 g/mol. The summed E-state index contributed by atoms with van der Waals surface area (Å²) in [5.41, 5.74) is 0. The summed E-state index contributed by atoms with van der Waals surface area (Å²) in [5.74, 6) is -1.45. The zero-order chi connectivity index (χ0) is 9.56. The Balaban J connectivity index is 3.83. The number of carbonyl (C=O) groups excluding carboxylic acids is 2. The molecule has 5 heteroatoms. The van der Waals surface area contributed by atoms with E-state index < -0.39 is 18.2 Å². The first-order chi connectivity index (χ1) is 5.56. The van der Waals surface area contributed by atoms with Gasteiger partial charge in [-0.15, -0.1) is 0 Å². The molecule has 0 bridgehead atoms. The summed E-state index contributed by atoms with van der Waals surface area (Å²) in [7, 11) is 1.19. The summed E-state index contributed by atoms with van der Waals surface area (Å²) in [6.07, 6.45) is 0.600. The molecule has 0 aromatic rings. The zero-order valence-corrected chi connectivity index (χ0v) is 6.81. The molecule has 0 saturated carbocycles. The van der Waals surface area contributed by atoms with Gasteiger partial charge < -0.3 is 14.6 Å². The van der Waals surface area contributed by atoms with E-state index in [0.29, 0.717) is 0 Å². The van der Waals surface area contributed by atoms with Gasteiger partial charge in [0.05, 0.1) is 7.11 Å². The summed E-state index contributed by atoms with van der Waals surface area (Å²) in [4.78, 5) is 21.0. The number of aliphatic hydroxyl groups excluding tert-OH is 1. The fraction of sp³-hybridized carbons (Fsp3) is 0.429. The molecule has 1 N–H and O–H groups in total. The average Bonchev–Trinajstić information content (AvgIpc) is 1.99. The van der Waals surface area contributed by atoms with Gasteiger partial charge in [-0.1, -0.05) is 0 Å². The topological polar surface area (TPSA) is 72.8 Å². The molecule has 12 heavy (non-hydrogen) atoms. The number of ether oxygens (including phenoxy) is 2. The molecular formula is C7H10O5. The standard InChI is InChI=1S/C7H10O5/c1-5(8)12-7(10)4-3-6(9)11-2/h3-5,8H,1-2H3/b4-3+. The Labute approximate surface area is 69.6 Å². The molecule has 0 heterocycles. The molecule has 1 unspecified atom stereocenters. The van der Waals surface area contributed by atoms with Crippen molar-refractivity contribution in [1.82, 2.24) is 0 Å². The van der Waals surface area contributed by atoms with E-state index >= 15 is 0 Å². The predicted molar refractivity (Wildman–Crippen MR) is 38.9 cm³/mol. The maximum absolute atomic E-state index is 10.6. The van der Waals surface area contributed by atoms with Gasteiger partial charge in [-0.2, -0.15) is 0 Å². The van der Waals surface area contributed by atoms with Crippen molar-refractivity contribution in [2.75, 3.05) is 7.11 Å². The first-order valence-electron chi connectivity index (χ1n) is 3.21. The summed E-state index contributed by atoms with van der Waals surface area (Å²) >= 11 is 0. The van der Waals surface area contributed by atoms with E-state index in [1.165, 1.54) is 14.0 Å². The molecule has 0 rings (SSSR count). The average molecular weight is 174 g/mol. The van der Waals surface area contributed by atoms with Crippen LogP contribution >= 0.6 is 0 Å². The Kier molecular flexibility index (Phi) is 4.71. The van der Waals surface area contributed by atoms with Gasteiger partial charge in [0, 0.05) is 12.2 Å². The Morgan fingerprint density at radius 2 is 1.83 bits per heavy atom. The number of aliphatic hydroxyl groups is 1. The summed E-state index contributed by atoms with van der Waals surface area (Å²) < 4.78 is 8.48. The molecule has 0 saturated heterocycles.